The summed E-state index contributed by atoms with van der Waals surface area (Å²) in [5.41, 5.74) is 10.4. The Morgan fingerprint density at radius 1 is 1.42 bits per heavy atom. The Bertz CT molecular complexity index is 501. The molecule has 1 unspecified atom stereocenters. The molecule has 0 fully saturated rings. The molecule has 0 aliphatic heterocycles. The van der Waals surface area contributed by atoms with Crippen molar-refractivity contribution in [1.29, 1.82) is 0 Å². The predicted molar refractivity (Wildman–Crippen MR) is 84.1 cm³/mol. The molecule has 0 amide bonds. The molecule has 0 saturated heterocycles. The number of nitrogens with two attached hydrogens (primary N) is 1. The third kappa shape index (κ3) is 4.38. The average Bonchev–Trinajstić information content (AvgIpc) is 2.89. The van der Waals surface area contributed by atoms with Gasteiger partial charge in [0.15, 0.2) is 0 Å². The number of nitrogens with zero attached hydrogens (tertiary/aromatic N) is 2. The van der Waals surface area contributed by atoms with E-state index in [1.165, 1.54) is 5.56 Å². The number of benzene rings is 1. The molecule has 2 aromatic rings. The zero-order chi connectivity index (χ0) is 13.7. The van der Waals surface area contributed by atoms with Gasteiger partial charge in [-0.1, -0.05) is 34.1 Å². The van der Waals surface area contributed by atoms with Gasteiger partial charge in [0, 0.05) is 29.0 Å². The number of halogens is 1. The van der Waals surface area contributed by atoms with Crippen LogP contribution in [0.3, 0.4) is 0 Å². The Kier molecular flexibility index (Phi) is 5.51. The van der Waals surface area contributed by atoms with E-state index in [0.29, 0.717) is 0 Å². The lowest BCUT2D eigenvalue weighted by molar-refractivity contribution is 0.308. The summed E-state index contributed by atoms with van der Waals surface area (Å²) in [4.78, 5) is 6.55. The van der Waals surface area contributed by atoms with Gasteiger partial charge in [0.1, 0.15) is 0 Å². The van der Waals surface area contributed by atoms with Gasteiger partial charge in [-0.05, 0) is 25.1 Å². The highest BCUT2D eigenvalue weighted by molar-refractivity contribution is 9.10. The Morgan fingerprint density at radius 3 is 2.89 bits per heavy atom. The molecule has 3 nitrogen and oxygen atoms in total. The molecule has 0 spiro atoms. The fourth-order valence-corrected chi connectivity index (χ4v) is 3.09. The maximum absolute atomic E-state index is 6.25. The van der Waals surface area contributed by atoms with E-state index in [0.717, 1.165) is 29.7 Å². The molecule has 2 rings (SSSR count). The van der Waals surface area contributed by atoms with E-state index in [1.54, 1.807) is 11.3 Å². The molecule has 1 aromatic carbocycles. The highest BCUT2D eigenvalue weighted by Crippen LogP contribution is 2.23. The Balaban J connectivity index is 1.83. The van der Waals surface area contributed by atoms with Gasteiger partial charge in [0.05, 0.1) is 11.2 Å². The van der Waals surface area contributed by atoms with Gasteiger partial charge in [0.2, 0.25) is 0 Å². The highest BCUT2D eigenvalue weighted by atomic mass is 79.9. The SMILES string of the molecule is CN(CCC(N)c1ccccc1Br)Cc1cscn1. The lowest BCUT2D eigenvalue weighted by Crippen LogP contribution is -2.23. The van der Waals surface area contributed by atoms with Crippen LogP contribution in [-0.4, -0.2) is 23.5 Å². The molecule has 1 atom stereocenters. The predicted octanol–water partition coefficient (Wildman–Crippen LogP) is 3.43. The molecule has 0 aliphatic carbocycles. The first kappa shape index (κ1) is 14.7. The van der Waals surface area contributed by atoms with Crippen molar-refractivity contribution in [2.24, 2.45) is 5.73 Å². The standard InChI is InChI=1S/C14H18BrN3S/c1-18(8-11-9-19-10-17-11)7-6-14(16)12-4-2-3-5-13(12)15/h2-5,9-10,14H,6-8,16H2,1H3. The maximum atomic E-state index is 6.25. The average molecular weight is 340 g/mol. The second kappa shape index (κ2) is 7.14. The summed E-state index contributed by atoms with van der Waals surface area (Å²) in [6.45, 7) is 1.84. The second-order valence-electron chi connectivity index (χ2n) is 4.63. The van der Waals surface area contributed by atoms with Crippen molar-refractivity contribution >= 4 is 27.3 Å². The van der Waals surface area contributed by atoms with Gasteiger partial charge >= 0.3 is 0 Å². The van der Waals surface area contributed by atoms with Crippen molar-refractivity contribution in [3.63, 3.8) is 0 Å². The fraction of sp³-hybridized carbons (Fsp3) is 0.357. The zero-order valence-corrected chi connectivity index (χ0v) is 13.3. The van der Waals surface area contributed by atoms with E-state index < -0.39 is 0 Å². The van der Waals surface area contributed by atoms with Crippen LogP contribution in [0.2, 0.25) is 0 Å². The van der Waals surface area contributed by atoms with Crippen molar-refractivity contribution in [3.8, 4) is 0 Å². The Hall–Kier alpha value is -0.750. The van der Waals surface area contributed by atoms with Gasteiger partial charge < -0.3 is 10.6 Å². The van der Waals surface area contributed by atoms with Crippen LogP contribution in [-0.2, 0) is 6.54 Å². The van der Waals surface area contributed by atoms with Gasteiger partial charge in [0.25, 0.3) is 0 Å². The molecule has 0 radical (unpaired) electrons. The van der Waals surface area contributed by atoms with E-state index in [-0.39, 0.29) is 6.04 Å². The van der Waals surface area contributed by atoms with Crippen LogP contribution in [0.25, 0.3) is 0 Å². The summed E-state index contributed by atoms with van der Waals surface area (Å²) < 4.78 is 1.09. The maximum Gasteiger partial charge on any atom is 0.0795 e. The van der Waals surface area contributed by atoms with E-state index >= 15 is 0 Å². The minimum Gasteiger partial charge on any atom is -0.324 e. The molecule has 0 saturated carbocycles. The summed E-state index contributed by atoms with van der Waals surface area (Å²) in [6.07, 6.45) is 0.934. The van der Waals surface area contributed by atoms with Crippen LogP contribution in [0.5, 0.6) is 0 Å². The lowest BCUT2D eigenvalue weighted by atomic mass is 10.0. The minimum atomic E-state index is 0.0634. The number of thiazole rings is 1. The molecule has 2 N–H and O–H groups in total. The van der Waals surface area contributed by atoms with Crippen molar-refractivity contribution in [1.82, 2.24) is 9.88 Å². The smallest absolute Gasteiger partial charge is 0.0795 e. The van der Waals surface area contributed by atoms with Crippen molar-refractivity contribution in [2.75, 3.05) is 13.6 Å². The van der Waals surface area contributed by atoms with Crippen LogP contribution in [0.1, 0.15) is 23.7 Å². The fourth-order valence-electron chi connectivity index (χ4n) is 1.96. The Morgan fingerprint density at radius 2 is 2.21 bits per heavy atom. The first-order chi connectivity index (χ1) is 9.16. The first-order valence-corrected chi connectivity index (χ1v) is 7.96. The molecule has 0 bridgehead atoms. The van der Waals surface area contributed by atoms with Gasteiger partial charge in [-0.3, -0.25) is 0 Å². The van der Waals surface area contributed by atoms with Crippen molar-refractivity contribution in [3.05, 3.63) is 50.9 Å². The van der Waals surface area contributed by atoms with E-state index in [4.69, 9.17) is 5.73 Å². The quantitative estimate of drug-likeness (QED) is 0.876. The van der Waals surface area contributed by atoms with Crippen LogP contribution in [0.4, 0.5) is 0 Å². The largest absolute Gasteiger partial charge is 0.324 e. The molecule has 5 heteroatoms. The van der Waals surface area contributed by atoms with Crippen molar-refractivity contribution in [2.45, 2.75) is 19.0 Å². The van der Waals surface area contributed by atoms with Crippen LogP contribution in [0.15, 0.2) is 39.6 Å². The number of rotatable bonds is 6. The third-order valence-electron chi connectivity index (χ3n) is 3.04. The number of hydrogen-bond acceptors (Lipinski definition) is 4. The lowest BCUT2D eigenvalue weighted by Gasteiger charge is -2.19. The number of aromatic nitrogens is 1. The topological polar surface area (TPSA) is 42.1 Å². The van der Waals surface area contributed by atoms with E-state index in [9.17, 15) is 0 Å². The molecule has 0 aliphatic rings. The monoisotopic (exact) mass is 339 g/mol. The van der Waals surface area contributed by atoms with Crippen LogP contribution < -0.4 is 5.73 Å². The van der Waals surface area contributed by atoms with Gasteiger partial charge in [-0.15, -0.1) is 11.3 Å². The number of hydrogen-bond donors (Lipinski definition) is 1. The van der Waals surface area contributed by atoms with Gasteiger partial charge in [-0.25, -0.2) is 4.98 Å². The summed E-state index contributed by atoms with van der Waals surface area (Å²) in [6, 6.07) is 8.21. The molecular weight excluding hydrogens is 322 g/mol. The van der Waals surface area contributed by atoms with Crippen LogP contribution >= 0.6 is 27.3 Å². The first-order valence-electron chi connectivity index (χ1n) is 6.22. The Labute approximate surface area is 126 Å². The summed E-state index contributed by atoms with van der Waals surface area (Å²) >= 11 is 5.19. The molecule has 102 valence electrons. The van der Waals surface area contributed by atoms with E-state index in [2.05, 4.69) is 44.3 Å². The molecule has 1 heterocycles. The third-order valence-corrected chi connectivity index (χ3v) is 4.40. The molecule has 19 heavy (non-hydrogen) atoms. The zero-order valence-electron chi connectivity index (χ0n) is 10.9. The molecular formula is C14H18BrN3S. The van der Waals surface area contributed by atoms with Crippen LogP contribution in [0, 0.1) is 0 Å². The molecule has 1 aromatic heterocycles. The van der Waals surface area contributed by atoms with Crippen molar-refractivity contribution < 1.29 is 0 Å². The highest BCUT2D eigenvalue weighted by Gasteiger charge is 2.10. The summed E-state index contributed by atoms with van der Waals surface area (Å²) in [5, 5.41) is 2.09. The minimum absolute atomic E-state index is 0.0634. The summed E-state index contributed by atoms with van der Waals surface area (Å²) in [5.74, 6) is 0. The second-order valence-corrected chi connectivity index (χ2v) is 6.21. The van der Waals surface area contributed by atoms with Gasteiger partial charge in [-0.2, -0.15) is 0 Å². The van der Waals surface area contributed by atoms with E-state index in [1.807, 2.05) is 23.7 Å². The normalized spacial score (nSPS) is 12.8. The summed E-state index contributed by atoms with van der Waals surface area (Å²) in [7, 11) is 2.10.